The average Bonchev–Trinajstić information content (AvgIpc) is 2.32. The molecule has 1 nitrogen and oxygen atoms in total. The summed E-state index contributed by atoms with van der Waals surface area (Å²) in [6.45, 7) is 0.580. The molecule has 0 aliphatic heterocycles. The van der Waals surface area contributed by atoms with E-state index in [2.05, 4.69) is 5.32 Å². The number of hydrogen-bond donors (Lipinski definition) is 1. The van der Waals surface area contributed by atoms with Crippen molar-refractivity contribution in [1.29, 1.82) is 0 Å². The van der Waals surface area contributed by atoms with Crippen LogP contribution in [0, 0.1) is 5.82 Å². The second-order valence-electron chi connectivity index (χ2n) is 4.43. The summed E-state index contributed by atoms with van der Waals surface area (Å²) < 4.78 is 13.6. The quantitative estimate of drug-likeness (QED) is 0.846. The Morgan fingerprint density at radius 2 is 2.00 bits per heavy atom. The molecule has 0 atom stereocenters. The molecular formula is C13H17ClFN. The van der Waals surface area contributed by atoms with Gasteiger partial charge in [0.25, 0.3) is 0 Å². The lowest BCUT2D eigenvalue weighted by molar-refractivity contribution is 0.370. The fourth-order valence-corrected chi connectivity index (χ4v) is 2.44. The molecule has 16 heavy (non-hydrogen) atoms. The molecule has 0 unspecified atom stereocenters. The Morgan fingerprint density at radius 3 is 2.75 bits per heavy atom. The third-order valence-electron chi connectivity index (χ3n) is 3.22. The molecule has 1 aliphatic carbocycles. The first-order valence-electron chi connectivity index (χ1n) is 5.93. The number of nitrogens with one attached hydrogen (secondary N) is 1. The Balaban J connectivity index is 1.91. The van der Waals surface area contributed by atoms with E-state index in [4.69, 9.17) is 11.6 Å². The Hall–Kier alpha value is -0.600. The molecule has 1 N–H and O–H groups in total. The van der Waals surface area contributed by atoms with Gasteiger partial charge in [0.1, 0.15) is 5.82 Å². The summed E-state index contributed by atoms with van der Waals surface area (Å²) in [6.07, 6.45) is 6.33. The Kier molecular flexibility index (Phi) is 4.19. The highest BCUT2D eigenvalue weighted by molar-refractivity contribution is 6.30. The molecule has 0 bridgehead atoms. The van der Waals surface area contributed by atoms with E-state index in [0.717, 1.165) is 0 Å². The van der Waals surface area contributed by atoms with Crippen molar-refractivity contribution in [3.63, 3.8) is 0 Å². The molecule has 0 radical (unpaired) electrons. The number of halogens is 2. The predicted octanol–water partition coefficient (Wildman–Crippen LogP) is 3.90. The van der Waals surface area contributed by atoms with Crippen molar-refractivity contribution in [3.8, 4) is 0 Å². The molecule has 0 amide bonds. The van der Waals surface area contributed by atoms with Crippen LogP contribution >= 0.6 is 11.6 Å². The Morgan fingerprint density at radius 1 is 1.25 bits per heavy atom. The lowest BCUT2D eigenvalue weighted by Gasteiger charge is -2.23. The summed E-state index contributed by atoms with van der Waals surface area (Å²) in [5, 5.41) is 3.62. The second kappa shape index (κ2) is 5.65. The highest BCUT2D eigenvalue weighted by Gasteiger charge is 2.13. The van der Waals surface area contributed by atoms with E-state index in [0.29, 0.717) is 18.2 Å². The zero-order valence-corrected chi connectivity index (χ0v) is 10.1. The highest BCUT2D eigenvalue weighted by Crippen LogP contribution is 2.20. The molecule has 3 heteroatoms. The van der Waals surface area contributed by atoms with Crippen LogP contribution in [0.3, 0.4) is 0 Å². The van der Waals surface area contributed by atoms with Crippen molar-refractivity contribution in [2.24, 2.45) is 0 Å². The Labute approximate surface area is 101 Å². The van der Waals surface area contributed by atoms with Gasteiger partial charge in [-0.25, -0.2) is 4.39 Å². The average molecular weight is 242 g/mol. The Bertz CT molecular complexity index is 348. The third-order valence-corrected chi connectivity index (χ3v) is 3.51. The minimum atomic E-state index is -0.285. The summed E-state index contributed by atoms with van der Waals surface area (Å²) in [7, 11) is 0. The summed E-state index contributed by atoms with van der Waals surface area (Å²) >= 11 is 5.73. The fraction of sp³-hybridized carbons (Fsp3) is 0.538. The van der Waals surface area contributed by atoms with E-state index in [-0.39, 0.29) is 10.8 Å². The van der Waals surface area contributed by atoms with Crippen molar-refractivity contribution in [2.45, 2.75) is 44.7 Å². The van der Waals surface area contributed by atoms with Gasteiger partial charge in [0.2, 0.25) is 0 Å². The van der Waals surface area contributed by atoms with Crippen LogP contribution in [0.5, 0.6) is 0 Å². The molecule has 1 aromatic carbocycles. The van der Waals surface area contributed by atoms with Gasteiger partial charge in [0, 0.05) is 18.2 Å². The van der Waals surface area contributed by atoms with Crippen LogP contribution in [-0.4, -0.2) is 6.04 Å². The zero-order valence-electron chi connectivity index (χ0n) is 9.31. The van der Waals surface area contributed by atoms with Gasteiger partial charge in [-0.15, -0.1) is 0 Å². The van der Waals surface area contributed by atoms with E-state index in [1.54, 1.807) is 18.2 Å². The van der Waals surface area contributed by atoms with Crippen molar-refractivity contribution in [2.75, 3.05) is 0 Å². The number of hydrogen-bond acceptors (Lipinski definition) is 1. The maximum Gasteiger partial charge on any atom is 0.146 e. The second-order valence-corrected chi connectivity index (χ2v) is 4.84. The van der Waals surface area contributed by atoms with Crippen molar-refractivity contribution in [1.82, 2.24) is 5.32 Å². The van der Waals surface area contributed by atoms with Gasteiger partial charge in [-0.2, -0.15) is 0 Å². The first kappa shape index (κ1) is 11.9. The summed E-state index contributed by atoms with van der Waals surface area (Å²) in [6, 6.07) is 5.72. The number of benzene rings is 1. The first-order chi connectivity index (χ1) is 7.77. The number of rotatable bonds is 3. The van der Waals surface area contributed by atoms with Gasteiger partial charge in [-0.1, -0.05) is 43.0 Å². The van der Waals surface area contributed by atoms with Gasteiger partial charge in [0.15, 0.2) is 0 Å². The minimum absolute atomic E-state index is 0.211. The van der Waals surface area contributed by atoms with Crippen molar-refractivity contribution in [3.05, 3.63) is 34.6 Å². The molecule has 1 aromatic rings. The monoisotopic (exact) mass is 241 g/mol. The maximum absolute atomic E-state index is 13.6. The van der Waals surface area contributed by atoms with Crippen LogP contribution in [-0.2, 0) is 6.54 Å². The van der Waals surface area contributed by atoms with Crippen LogP contribution in [0.15, 0.2) is 18.2 Å². The minimum Gasteiger partial charge on any atom is -0.310 e. The van der Waals surface area contributed by atoms with Gasteiger partial charge in [-0.3, -0.25) is 0 Å². The van der Waals surface area contributed by atoms with E-state index in [9.17, 15) is 4.39 Å². The molecule has 1 saturated carbocycles. The molecule has 0 spiro atoms. The van der Waals surface area contributed by atoms with Gasteiger partial charge in [0.05, 0.1) is 5.02 Å². The van der Waals surface area contributed by atoms with E-state index in [1.807, 2.05) is 0 Å². The van der Waals surface area contributed by atoms with Crippen molar-refractivity contribution < 1.29 is 4.39 Å². The standard InChI is InChI=1S/C13H17ClFN/c14-12-8-4-5-10(13(12)15)9-16-11-6-2-1-3-7-11/h4-5,8,11,16H,1-3,6-7,9H2. The SMILES string of the molecule is Fc1c(Cl)cccc1CNC1CCCCC1. The highest BCUT2D eigenvalue weighted by atomic mass is 35.5. The van der Waals surface area contributed by atoms with E-state index < -0.39 is 0 Å². The lowest BCUT2D eigenvalue weighted by Crippen LogP contribution is -2.30. The predicted molar refractivity (Wildman–Crippen MR) is 65.1 cm³/mol. The molecule has 1 fully saturated rings. The van der Waals surface area contributed by atoms with E-state index >= 15 is 0 Å². The van der Waals surface area contributed by atoms with Gasteiger partial charge < -0.3 is 5.32 Å². The normalized spacial score (nSPS) is 17.6. The zero-order chi connectivity index (χ0) is 11.4. The molecule has 0 saturated heterocycles. The maximum atomic E-state index is 13.6. The van der Waals surface area contributed by atoms with Crippen LogP contribution in [0.1, 0.15) is 37.7 Å². The molecule has 0 heterocycles. The van der Waals surface area contributed by atoms with Gasteiger partial charge in [-0.05, 0) is 18.9 Å². The first-order valence-corrected chi connectivity index (χ1v) is 6.31. The molecule has 2 rings (SSSR count). The van der Waals surface area contributed by atoms with Crippen LogP contribution in [0.4, 0.5) is 4.39 Å². The summed E-state index contributed by atoms with van der Waals surface area (Å²) in [5.41, 5.74) is 0.665. The fourth-order valence-electron chi connectivity index (χ4n) is 2.25. The molecule has 88 valence electrons. The molecule has 1 aliphatic rings. The van der Waals surface area contributed by atoms with E-state index in [1.165, 1.54) is 32.1 Å². The van der Waals surface area contributed by atoms with Crippen molar-refractivity contribution >= 4 is 11.6 Å². The molecular weight excluding hydrogens is 225 g/mol. The smallest absolute Gasteiger partial charge is 0.146 e. The largest absolute Gasteiger partial charge is 0.310 e. The van der Waals surface area contributed by atoms with Crippen LogP contribution in [0.25, 0.3) is 0 Å². The van der Waals surface area contributed by atoms with Crippen LogP contribution < -0.4 is 5.32 Å². The topological polar surface area (TPSA) is 12.0 Å². The summed E-state index contributed by atoms with van der Waals surface area (Å²) in [5.74, 6) is -0.285. The third kappa shape index (κ3) is 2.96. The summed E-state index contributed by atoms with van der Waals surface area (Å²) in [4.78, 5) is 0. The molecule has 0 aromatic heterocycles. The van der Waals surface area contributed by atoms with Gasteiger partial charge >= 0.3 is 0 Å². The lowest BCUT2D eigenvalue weighted by atomic mass is 9.95. The van der Waals surface area contributed by atoms with Crippen LogP contribution in [0.2, 0.25) is 5.02 Å².